The summed E-state index contributed by atoms with van der Waals surface area (Å²) in [5.74, 6) is 1.62. The first-order valence-electron chi connectivity index (χ1n) is 10.4. The number of benzene rings is 1. The zero-order chi connectivity index (χ0) is 19.3. The van der Waals surface area contributed by atoms with E-state index in [2.05, 4.69) is 22.3 Å². The Bertz CT molecular complexity index is 617. The van der Waals surface area contributed by atoms with Crippen molar-refractivity contribution in [2.45, 2.75) is 57.5 Å². The molecule has 1 heterocycles. The second kappa shape index (κ2) is 12.0. The van der Waals surface area contributed by atoms with E-state index in [-0.39, 0.29) is 42.2 Å². The van der Waals surface area contributed by atoms with Gasteiger partial charge in [0.1, 0.15) is 5.75 Å². The Kier molecular flexibility index (Phi) is 10.8. The third-order valence-electron chi connectivity index (χ3n) is 6.41. The van der Waals surface area contributed by atoms with Gasteiger partial charge in [-0.1, -0.05) is 25.0 Å². The van der Waals surface area contributed by atoms with Crippen molar-refractivity contribution >= 4 is 30.7 Å². The summed E-state index contributed by atoms with van der Waals surface area (Å²) in [6, 6.07) is 8.32. The molecule has 2 atom stereocenters. The van der Waals surface area contributed by atoms with E-state index in [0.29, 0.717) is 5.92 Å². The van der Waals surface area contributed by atoms with Crippen molar-refractivity contribution in [1.82, 2.24) is 10.2 Å². The van der Waals surface area contributed by atoms with Gasteiger partial charge < -0.3 is 15.8 Å². The van der Waals surface area contributed by atoms with Gasteiger partial charge in [-0.3, -0.25) is 9.69 Å². The number of methoxy groups -OCH3 is 1. The highest BCUT2D eigenvalue weighted by atomic mass is 35.5. The third kappa shape index (κ3) is 7.32. The van der Waals surface area contributed by atoms with Crippen molar-refractivity contribution in [2.24, 2.45) is 17.6 Å². The number of rotatable bonds is 6. The summed E-state index contributed by atoms with van der Waals surface area (Å²) in [5, 5.41) is 3.20. The first-order valence-corrected chi connectivity index (χ1v) is 10.4. The summed E-state index contributed by atoms with van der Waals surface area (Å²) in [4.78, 5) is 15.1. The molecule has 166 valence electrons. The number of amides is 1. The van der Waals surface area contributed by atoms with Gasteiger partial charge in [0, 0.05) is 18.6 Å². The molecule has 0 radical (unpaired) electrons. The highest BCUT2D eigenvalue weighted by Gasteiger charge is 2.37. The largest absolute Gasteiger partial charge is 0.497 e. The Balaban J connectivity index is 0.00000210. The topological polar surface area (TPSA) is 67.6 Å². The minimum absolute atomic E-state index is 0. The quantitative estimate of drug-likeness (QED) is 0.698. The molecular weight excluding hydrogens is 409 g/mol. The molecule has 1 aromatic rings. The highest BCUT2D eigenvalue weighted by molar-refractivity contribution is 5.85. The second-order valence-corrected chi connectivity index (χ2v) is 8.62. The lowest BCUT2D eigenvalue weighted by molar-refractivity contribution is -0.128. The number of likely N-dealkylation sites (tertiary alicyclic amines) is 1. The normalized spacial score (nSPS) is 25.4. The van der Waals surface area contributed by atoms with Gasteiger partial charge in [-0.25, -0.2) is 0 Å². The molecule has 1 amide bonds. The molecule has 2 fully saturated rings. The monoisotopic (exact) mass is 445 g/mol. The van der Waals surface area contributed by atoms with Gasteiger partial charge in [-0.05, 0) is 69.3 Å². The lowest BCUT2D eigenvalue weighted by Crippen LogP contribution is -2.53. The number of hydrogen-bond donors (Lipinski definition) is 2. The maximum atomic E-state index is 12.6. The average Bonchev–Trinajstić information content (AvgIpc) is 2.67. The van der Waals surface area contributed by atoms with Crippen LogP contribution in [0, 0.1) is 11.8 Å². The summed E-state index contributed by atoms with van der Waals surface area (Å²) >= 11 is 0. The maximum Gasteiger partial charge on any atom is 0.224 e. The van der Waals surface area contributed by atoms with Gasteiger partial charge in [-0.15, -0.1) is 24.8 Å². The number of carbonyl (C=O) groups excluding carboxylic acids is 1. The summed E-state index contributed by atoms with van der Waals surface area (Å²) in [7, 11) is 1.70. The fourth-order valence-corrected chi connectivity index (χ4v) is 4.49. The van der Waals surface area contributed by atoms with Crippen molar-refractivity contribution in [1.29, 1.82) is 0 Å². The van der Waals surface area contributed by atoms with Crippen LogP contribution in [-0.4, -0.2) is 43.1 Å². The lowest BCUT2D eigenvalue weighted by atomic mass is 9.74. The van der Waals surface area contributed by atoms with E-state index in [9.17, 15) is 4.79 Å². The van der Waals surface area contributed by atoms with E-state index in [4.69, 9.17) is 10.5 Å². The van der Waals surface area contributed by atoms with E-state index in [1.54, 1.807) is 7.11 Å². The number of nitrogens with one attached hydrogen (secondary N) is 1. The average molecular weight is 446 g/mol. The maximum absolute atomic E-state index is 12.6. The van der Waals surface area contributed by atoms with Crippen LogP contribution in [0.25, 0.3) is 0 Å². The zero-order valence-electron chi connectivity index (χ0n) is 17.7. The van der Waals surface area contributed by atoms with Gasteiger partial charge in [0.25, 0.3) is 0 Å². The van der Waals surface area contributed by atoms with Crippen LogP contribution in [0.3, 0.4) is 0 Å². The molecule has 0 spiro atoms. The minimum atomic E-state index is -0.343. The van der Waals surface area contributed by atoms with E-state index in [0.717, 1.165) is 70.5 Å². The van der Waals surface area contributed by atoms with Crippen LogP contribution in [0.5, 0.6) is 5.75 Å². The standard InChI is InChI=1S/C22H35N3O2.2ClH/c1-22(23)12-4-3-5-20(22)21(26)24-15-17-10-13-25(14-11-17)16-18-6-8-19(27-2)9-7-18;;/h6-9,17,20H,3-5,10-16,23H2,1-2H3,(H,24,26);2*1H. The molecule has 0 aromatic heterocycles. The third-order valence-corrected chi connectivity index (χ3v) is 6.41. The van der Waals surface area contributed by atoms with Crippen LogP contribution >= 0.6 is 24.8 Å². The first-order chi connectivity index (χ1) is 13.0. The molecule has 3 rings (SSSR count). The number of nitrogens with two attached hydrogens (primary N) is 1. The van der Waals surface area contributed by atoms with Gasteiger partial charge in [0.15, 0.2) is 0 Å². The molecule has 7 heteroatoms. The Labute approximate surface area is 187 Å². The van der Waals surface area contributed by atoms with E-state index >= 15 is 0 Å². The fourth-order valence-electron chi connectivity index (χ4n) is 4.49. The molecule has 3 N–H and O–H groups in total. The van der Waals surface area contributed by atoms with Crippen molar-refractivity contribution < 1.29 is 9.53 Å². The number of hydrogen-bond acceptors (Lipinski definition) is 4. The summed E-state index contributed by atoms with van der Waals surface area (Å²) in [6.45, 7) is 5.99. The Morgan fingerprint density at radius 1 is 1.17 bits per heavy atom. The van der Waals surface area contributed by atoms with E-state index in [1.807, 2.05) is 19.1 Å². The van der Waals surface area contributed by atoms with Crippen LogP contribution in [0.15, 0.2) is 24.3 Å². The minimum Gasteiger partial charge on any atom is -0.497 e. The van der Waals surface area contributed by atoms with Crippen LogP contribution < -0.4 is 15.8 Å². The van der Waals surface area contributed by atoms with Gasteiger partial charge in [0.2, 0.25) is 5.91 Å². The van der Waals surface area contributed by atoms with Gasteiger partial charge in [-0.2, -0.15) is 0 Å². The fraction of sp³-hybridized carbons (Fsp3) is 0.682. The molecule has 1 aromatic carbocycles. The smallest absolute Gasteiger partial charge is 0.224 e. The number of piperidine rings is 1. The van der Waals surface area contributed by atoms with E-state index < -0.39 is 0 Å². The summed E-state index contributed by atoms with van der Waals surface area (Å²) in [5.41, 5.74) is 7.34. The lowest BCUT2D eigenvalue weighted by Gasteiger charge is -2.38. The zero-order valence-corrected chi connectivity index (χ0v) is 19.3. The first kappa shape index (κ1) is 26.0. The highest BCUT2D eigenvalue weighted by Crippen LogP contribution is 2.31. The van der Waals surface area contributed by atoms with Gasteiger partial charge in [0.05, 0.1) is 13.0 Å². The number of halogens is 2. The molecule has 0 bridgehead atoms. The second-order valence-electron chi connectivity index (χ2n) is 8.62. The molecular formula is C22H37Cl2N3O2. The molecule has 5 nitrogen and oxygen atoms in total. The molecule has 2 unspecified atom stereocenters. The van der Waals surface area contributed by atoms with Crippen LogP contribution in [-0.2, 0) is 11.3 Å². The number of carbonyl (C=O) groups is 1. The molecule has 1 aliphatic carbocycles. The molecule has 2 aliphatic rings. The van der Waals surface area contributed by atoms with Crippen LogP contribution in [0.1, 0.15) is 51.0 Å². The number of ether oxygens (including phenoxy) is 1. The van der Waals surface area contributed by atoms with Crippen molar-refractivity contribution in [3.05, 3.63) is 29.8 Å². The Morgan fingerprint density at radius 2 is 1.83 bits per heavy atom. The van der Waals surface area contributed by atoms with Crippen LogP contribution in [0.2, 0.25) is 0 Å². The molecule has 1 saturated carbocycles. The molecule has 29 heavy (non-hydrogen) atoms. The molecule has 1 aliphatic heterocycles. The van der Waals surface area contributed by atoms with Crippen molar-refractivity contribution in [3.8, 4) is 5.75 Å². The van der Waals surface area contributed by atoms with Crippen LogP contribution in [0.4, 0.5) is 0 Å². The summed E-state index contributed by atoms with van der Waals surface area (Å²) < 4.78 is 5.22. The van der Waals surface area contributed by atoms with Crippen molar-refractivity contribution in [2.75, 3.05) is 26.7 Å². The predicted molar refractivity (Wildman–Crippen MR) is 123 cm³/mol. The van der Waals surface area contributed by atoms with Gasteiger partial charge >= 0.3 is 0 Å². The Hall–Kier alpha value is -1.01. The predicted octanol–water partition coefficient (Wildman–Crippen LogP) is 3.77. The SMILES string of the molecule is COc1ccc(CN2CCC(CNC(=O)C3CCCCC3(C)N)CC2)cc1.Cl.Cl. The summed E-state index contributed by atoms with van der Waals surface area (Å²) in [6.07, 6.45) is 6.42. The van der Waals surface area contributed by atoms with Crippen molar-refractivity contribution in [3.63, 3.8) is 0 Å². The molecule has 1 saturated heterocycles. The van der Waals surface area contributed by atoms with E-state index in [1.165, 1.54) is 5.56 Å². The number of nitrogens with zero attached hydrogens (tertiary/aromatic N) is 1. The Morgan fingerprint density at radius 3 is 2.41 bits per heavy atom.